The number of unbranched alkanes of at least 4 members (excludes halogenated alkanes) is 11. The van der Waals surface area contributed by atoms with E-state index in [0.717, 1.165) is 25.7 Å². The first kappa shape index (κ1) is 26.1. The molecule has 3 nitrogen and oxygen atoms in total. The van der Waals surface area contributed by atoms with Crippen molar-refractivity contribution in [1.82, 2.24) is 0 Å². The summed E-state index contributed by atoms with van der Waals surface area (Å²) in [5, 5.41) is -0.533. The van der Waals surface area contributed by atoms with Gasteiger partial charge in [-0.25, -0.2) is 0 Å². The van der Waals surface area contributed by atoms with Crippen molar-refractivity contribution in [3.05, 3.63) is 0 Å². The van der Waals surface area contributed by atoms with E-state index in [9.17, 15) is 13.0 Å². The molecule has 0 heterocycles. The van der Waals surface area contributed by atoms with E-state index in [1.165, 1.54) is 57.8 Å². The summed E-state index contributed by atoms with van der Waals surface area (Å²) in [6.07, 6.45) is 16.5. The second kappa shape index (κ2) is 17.7. The first-order chi connectivity index (χ1) is 10.5. The Kier molecular flexibility index (Phi) is 20.1. The van der Waals surface area contributed by atoms with Crippen molar-refractivity contribution in [2.75, 3.05) is 0 Å². The number of hydrogen-bond acceptors (Lipinski definition) is 2. The van der Waals surface area contributed by atoms with Crippen molar-refractivity contribution in [2.45, 2.75) is 115 Å². The van der Waals surface area contributed by atoms with Crippen LogP contribution in [0.4, 0.5) is 0 Å². The van der Waals surface area contributed by atoms with Gasteiger partial charge in [-0.05, 0) is 12.8 Å². The third-order valence-electron chi connectivity index (χ3n) is 4.43. The zero-order valence-corrected chi connectivity index (χ0v) is 15.7. The molecule has 0 aromatic carbocycles. The maximum absolute atomic E-state index is 11.5. The van der Waals surface area contributed by atoms with Crippen LogP contribution in [0.1, 0.15) is 110 Å². The van der Waals surface area contributed by atoms with E-state index in [1.54, 1.807) is 0 Å². The molecule has 0 saturated carbocycles. The fourth-order valence-electron chi connectivity index (χ4n) is 2.92. The molecular formula is C18H39NaO3S. The van der Waals surface area contributed by atoms with Crippen LogP contribution in [-0.2, 0) is 10.1 Å². The van der Waals surface area contributed by atoms with Gasteiger partial charge in [0, 0.05) is 0 Å². The second-order valence-corrected chi connectivity index (χ2v) is 8.30. The van der Waals surface area contributed by atoms with Crippen LogP contribution in [0.2, 0.25) is 0 Å². The Morgan fingerprint density at radius 3 is 1.26 bits per heavy atom. The summed E-state index contributed by atoms with van der Waals surface area (Å²) < 4.78 is 32.3. The van der Waals surface area contributed by atoms with Crippen LogP contribution < -0.4 is 0 Å². The van der Waals surface area contributed by atoms with Crippen molar-refractivity contribution in [2.24, 2.45) is 0 Å². The molecule has 0 amide bonds. The van der Waals surface area contributed by atoms with E-state index in [-0.39, 0.29) is 29.6 Å². The second-order valence-electron chi connectivity index (χ2n) is 6.60. The molecular weight excluding hydrogens is 319 g/mol. The zero-order chi connectivity index (χ0) is 16.7. The molecule has 0 radical (unpaired) electrons. The van der Waals surface area contributed by atoms with Crippen LogP contribution in [0, 0.1) is 0 Å². The van der Waals surface area contributed by atoms with Gasteiger partial charge >= 0.3 is 29.6 Å². The first-order valence-corrected chi connectivity index (χ1v) is 11.0. The van der Waals surface area contributed by atoms with Crippen LogP contribution in [0.3, 0.4) is 0 Å². The molecule has 0 rings (SSSR count). The van der Waals surface area contributed by atoms with E-state index in [1.807, 2.05) is 0 Å². The van der Waals surface area contributed by atoms with Gasteiger partial charge in [0.2, 0.25) is 0 Å². The van der Waals surface area contributed by atoms with Gasteiger partial charge in [-0.2, -0.15) is 8.42 Å². The summed E-state index contributed by atoms with van der Waals surface area (Å²) in [5.41, 5.74) is 0. The Morgan fingerprint density at radius 2 is 0.957 bits per heavy atom. The third kappa shape index (κ3) is 17.5. The predicted molar refractivity (Wildman–Crippen MR) is 103 cm³/mol. The first-order valence-electron chi connectivity index (χ1n) is 9.48. The Balaban J connectivity index is 0. The van der Waals surface area contributed by atoms with Gasteiger partial charge in [0.1, 0.15) is 0 Å². The van der Waals surface area contributed by atoms with Crippen molar-refractivity contribution >= 4 is 39.7 Å². The average molecular weight is 359 g/mol. The molecule has 0 spiro atoms. The SMILES string of the molecule is CCCCCCCCCC(CCCCCCCC)S(=O)(=O)O.[NaH]. The summed E-state index contributed by atoms with van der Waals surface area (Å²) in [7, 11) is -3.86. The van der Waals surface area contributed by atoms with Crippen LogP contribution in [0.15, 0.2) is 0 Å². The molecule has 0 saturated heterocycles. The van der Waals surface area contributed by atoms with Gasteiger partial charge in [-0.3, -0.25) is 4.55 Å². The van der Waals surface area contributed by atoms with Gasteiger partial charge in [0.15, 0.2) is 0 Å². The molecule has 5 heteroatoms. The van der Waals surface area contributed by atoms with Crippen molar-refractivity contribution in [3.63, 3.8) is 0 Å². The minimum absolute atomic E-state index is 0. The molecule has 0 fully saturated rings. The molecule has 0 aliphatic heterocycles. The molecule has 136 valence electrons. The monoisotopic (exact) mass is 358 g/mol. The topological polar surface area (TPSA) is 54.4 Å². The molecule has 23 heavy (non-hydrogen) atoms. The van der Waals surface area contributed by atoms with Crippen LogP contribution in [-0.4, -0.2) is 47.8 Å². The van der Waals surface area contributed by atoms with Crippen LogP contribution >= 0.6 is 0 Å². The maximum atomic E-state index is 11.5. The third-order valence-corrected chi connectivity index (χ3v) is 5.74. The molecule has 1 unspecified atom stereocenters. The molecule has 0 aromatic rings. The van der Waals surface area contributed by atoms with E-state index >= 15 is 0 Å². The van der Waals surface area contributed by atoms with Gasteiger partial charge in [-0.1, -0.05) is 97.3 Å². The zero-order valence-electron chi connectivity index (χ0n) is 14.9. The molecule has 0 aliphatic carbocycles. The summed E-state index contributed by atoms with van der Waals surface area (Å²) in [6, 6.07) is 0. The predicted octanol–water partition coefficient (Wildman–Crippen LogP) is 5.49. The van der Waals surface area contributed by atoms with Crippen molar-refractivity contribution in [1.29, 1.82) is 0 Å². The molecule has 1 N–H and O–H groups in total. The van der Waals surface area contributed by atoms with E-state index in [2.05, 4.69) is 13.8 Å². The van der Waals surface area contributed by atoms with Gasteiger partial charge in [-0.15, -0.1) is 0 Å². The fraction of sp³-hybridized carbons (Fsp3) is 1.00. The molecule has 0 bridgehead atoms. The summed E-state index contributed by atoms with van der Waals surface area (Å²) in [4.78, 5) is 0. The van der Waals surface area contributed by atoms with Crippen molar-refractivity contribution < 1.29 is 13.0 Å². The van der Waals surface area contributed by atoms with E-state index in [4.69, 9.17) is 0 Å². The Bertz CT molecular complexity index is 331. The Morgan fingerprint density at radius 1 is 0.652 bits per heavy atom. The van der Waals surface area contributed by atoms with Crippen LogP contribution in [0.5, 0.6) is 0 Å². The molecule has 0 aliphatic rings. The molecule has 0 aromatic heterocycles. The summed E-state index contributed by atoms with van der Waals surface area (Å²) in [5.74, 6) is 0. The van der Waals surface area contributed by atoms with Crippen molar-refractivity contribution in [3.8, 4) is 0 Å². The quantitative estimate of drug-likeness (QED) is 0.226. The molecule has 1 atom stereocenters. The number of hydrogen-bond donors (Lipinski definition) is 1. The number of rotatable bonds is 16. The van der Waals surface area contributed by atoms with E-state index in [0.29, 0.717) is 12.8 Å². The summed E-state index contributed by atoms with van der Waals surface area (Å²) in [6.45, 7) is 4.40. The standard InChI is InChI=1S/C18H38O3S.Na.H/c1-3-5-7-9-11-13-15-17-18(22(19,20)21)16-14-12-10-8-6-4-2;;/h18H,3-17H2,1-2H3,(H,19,20,21);;. The Labute approximate surface area is 167 Å². The van der Waals surface area contributed by atoms with Crippen LogP contribution in [0.25, 0.3) is 0 Å². The van der Waals surface area contributed by atoms with E-state index < -0.39 is 15.4 Å². The Hall–Kier alpha value is 0.910. The summed E-state index contributed by atoms with van der Waals surface area (Å²) >= 11 is 0. The van der Waals surface area contributed by atoms with Gasteiger partial charge < -0.3 is 0 Å². The minimum atomic E-state index is -3.86. The van der Waals surface area contributed by atoms with Gasteiger partial charge in [0.25, 0.3) is 10.1 Å². The fourth-order valence-corrected chi connectivity index (χ4v) is 3.85. The normalized spacial score (nSPS) is 12.8. The van der Waals surface area contributed by atoms with Gasteiger partial charge in [0.05, 0.1) is 5.25 Å². The average Bonchev–Trinajstić information content (AvgIpc) is 2.46.